The molecule has 0 spiro atoms. The SMILES string of the molecule is CCCCN(CCCN)C(=O)CC(c1ccccc1)c1ccccc1. The molecule has 2 N–H and O–H groups in total. The van der Waals surface area contributed by atoms with Crippen molar-refractivity contribution in [3.05, 3.63) is 71.8 Å². The number of rotatable bonds is 10. The zero-order chi connectivity index (χ0) is 17.9. The van der Waals surface area contributed by atoms with Gasteiger partial charge in [0.1, 0.15) is 0 Å². The lowest BCUT2D eigenvalue weighted by Gasteiger charge is -2.26. The van der Waals surface area contributed by atoms with E-state index in [0.717, 1.165) is 32.4 Å². The van der Waals surface area contributed by atoms with Gasteiger partial charge in [0, 0.05) is 25.4 Å². The molecule has 0 aliphatic rings. The summed E-state index contributed by atoms with van der Waals surface area (Å²) in [5, 5.41) is 0. The summed E-state index contributed by atoms with van der Waals surface area (Å²) >= 11 is 0. The Morgan fingerprint density at radius 3 is 1.92 bits per heavy atom. The minimum absolute atomic E-state index is 0.0944. The van der Waals surface area contributed by atoms with Crippen LogP contribution >= 0.6 is 0 Å². The Balaban J connectivity index is 2.18. The van der Waals surface area contributed by atoms with Crippen molar-refractivity contribution >= 4 is 5.91 Å². The number of unbranched alkanes of at least 4 members (excludes halogenated alkanes) is 1. The monoisotopic (exact) mass is 338 g/mol. The molecule has 0 fully saturated rings. The van der Waals surface area contributed by atoms with Gasteiger partial charge in [0.2, 0.25) is 5.91 Å². The van der Waals surface area contributed by atoms with Gasteiger partial charge in [-0.25, -0.2) is 0 Å². The summed E-state index contributed by atoms with van der Waals surface area (Å²) in [5.74, 6) is 0.316. The lowest BCUT2D eigenvalue weighted by molar-refractivity contribution is -0.131. The minimum Gasteiger partial charge on any atom is -0.343 e. The molecule has 2 aromatic rings. The quantitative estimate of drug-likeness (QED) is 0.706. The Morgan fingerprint density at radius 2 is 1.44 bits per heavy atom. The predicted octanol–water partition coefficient (Wildman–Crippen LogP) is 4.19. The lowest BCUT2D eigenvalue weighted by Crippen LogP contribution is -2.34. The molecular formula is C22H30N2O. The van der Waals surface area contributed by atoms with Gasteiger partial charge in [0.15, 0.2) is 0 Å². The van der Waals surface area contributed by atoms with Crippen LogP contribution in [-0.4, -0.2) is 30.4 Å². The highest BCUT2D eigenvalue weighted by molar-refractivity contribution is 5.77. The number of hydrogen-bond acceptors (Lipinski definition) is 2. The molecule has 1 amide bonds. The fraction of sp³-hybridized carbons (Fsp3) is 0.409. The number of amides is 1. The molecule has 0 aliphatic heterocycles. The van der Waals surface area contributed by atoms with Crippen LogP contribution in [0.15, 0.2) is 60.7 Å². The molecule has 3 heteroatoms. The fourth-order valence-electron chi connectivity index (χ4n) is 3.09. The van der Waals surface area contributed by atoms with Crippen molar-refractivity contribution in [3.8, 4) is 0 Å². The number of carbonyl (C=O) groups excluding carboxylic acids is 1. The zero-order valence-corrected chi connectivity index (χ0v) is 15.2. The van der Waals surface area contributed by atoms with Crippen LogP contribution in [0, 0.1) is 0 Å². The molecule has 0 bridgehead atoms. The third kappa shape index (κ3) is 6.02. The maximum atomic E-state index is 13.0. The Hall–Kier alpha value is -2.13. The van der Waals surface area contributed by atoms with E-state index < -0.39 is 0 Å². The number of benzene rings is 2. The summed E-state index contributed by atoms with van der Waals surface area (Å²) in [6.07, 6.45) is 3.49. The maximum absolute atomic E-state index is 13.0. The van der Waals surface area contributed by atoms with E-state index in [9.17, 15) is 4.79 Å². The highest BCUT2D eigenvalue weighted by Gasteiger charge is 2.21. The van der Waals surface area contributed by atoms with Gasteiger partial charge < -0.3 is 10.6 Å². The first-order chi connectivity index (χ1) is 12.3. The molecule has 0 atom stereocenters. The largest absolute Gasteiger partial charge is 0.343 e. The van der Waals surface area contributed by atoms with Crippen molar-refractivity contribution < 1.29 is 4.79 Å². The van der Waals surface area contributed by atoms with Gasteiger partial charge in [-0.2, -0.15) is 0 Å². The average molecular weight is 338 g/mol. The van der Waals surface area contributed by atoms with Gasteiger partial charge in [-0.05, 0) is 30.5 Å². The normalized spacial score (nSPS) is 10.8. The molecule has 0 heterocycles. The molecular weight excluding hydrogens is 308 g/mol. The van der Waals surface area contributed by atoms with E-state index in [1.807, 2.05) is 41.3 Å². The number of hydrogen-bond donors (Lipinski definition) is 1. The van der Waals surface area contributed by atoms with E-state index in [1.165, 1.54) is 11.1 Å². The standard InChI is InChI=1S/C22H30N2O/c1-2-3-16-24(17-10-15-23)22(25)18-21(19-11-6-4-7-12-19)20-13-8-5-9-14-20/h4-9,11-14,21H,2-3,10,15-18,23H2,1H3. The smallest absolute Gasteiger partial charge is 0.223 e. The van der Waals surface area contributed by atoms with Gasteiger partial charge in [-0.1, -0.05) is 74.0 Å². The van der Waals surface area contributed by atoms with Crippen LogP contribution < -0.4 is 5.73 Å². The van der Waals surface area contributed by atoms with Gasteiger partial charge in [0.25, 0.3) is 0 Å². The highest BCUT2D eigenvalue weighted by Crippen LogP contribution is 2.28. The maximum Gasteiger partial charge on any atom is 0.223 e. The van der Waals surface area contributed by atoms with Gasteiger partial charge >= 0.3 is 0 Å². The van der Waals surface area contributed by atoms with E-state index >= 15 is 0 Å². The van der Waals surface area contributed by atoms with E-state index in [-0.39, 0.29) is 11.8 Å². The molecule has 0 aromatic heterocycles. The molecule has 0 unspecified atom stereocenters. The molecule has 0 aliphatic carbocycles. The van der Waals surface area contributed by atoms with Gasteiger partial charge in [-0.3, -0.25) is 4.79 Å². The van der Waals surface area contributed by atoms with Crippen molar-refractivity contribution in [1.29, 1.82) is 0 Å². The Bertz CT molecular complexity index is 565. The Labute approximate surface area is 151 Å². The van der Waals surface area contributed by atoms with Crippen LogP contribution in [0.5, 0.6) is 0 Å². The number of nitrogens with zero attached hydrogens (tertiary/aromatic N) is 1. The number of carbonyl (C=O) groups is 1. The molecule has 0 radical (unpaired) electrons. The van der Waals surface area contributed by atoms with Crippen molar-refractivity contribution in [2.24, 2.45) is 5.73 Å². The van der Waals surface area contributed by atoms with E-state index in [2.05, 4.69) is 31.2 Å². The molecule has 0 saturated carbocycles. The summed E-state index contributed by atoms with van der Waals surface area (Å²) in [6, 6.07) is 20.6. The topological polar surface area (TPSA) is 46.3 Å². The second-order valence-electron chi connectivity index (χ2n) is 6.45. The Kier molecular flexibility index (Phi) is 8.20. The average Bonchev–Trinajstić information content (AvgIpc) is 2.67. The van der Waals surface area contributed by atoms with Crippen LogP contribution in [-0.2, 0) is 4.79 Å². The van der Waals surface area contributed by atoms with Crippen molar-refractivity contribution in [3.63, 3.8) is 0 Å². The van der Waals surface area contributed by atoms with Crippen LogP contribution in [0.4, 0.5) is 0 Å². The van der Waals surface area contributed by atoms with Crippen molar-refractivity contribution in [2.45, 2.75) is 38.5 Å². The van der Waals surface area contributed by atoms with Crippen LogP contribution in [0.1, 0.15) is 49.7 Å². The molecule has 2 rings (SSSR count). The van der Waals surface area contributed by atoms with Gasteiger partial charge in [-0.15, -0.1) is 0 Å². The van der Waals surface area contributed by atoms with Crippen LogP contribution in [0.25, 0.3) is 0 Å². The Morgan fingerprint density at radius 1 is 0.920 bits per heavy atom. The zero-order valence-electron chi connectivity index (χ0n) is 15.2. The fourth-order valence-corrected chi connectivity index (χ4v) is 3.09. The first-order valence-electron chi connectivity index (χ1n) is 9.34. The number of nitrogens with two attached hydrogens (primary N) is 1. The summed E-state index contributed by atoms with van der Waals surface area (Å²) in [7, 11) is 0. The predicted molar refractivity (Wildman–Crippen MR) is 105 cm³/mol. The molecule has 134 valence electrons. The van der Waals surface area contributed by atoms with E-state index in [0.29, 0.717) is 13.0 Å². The van der Waals surface area contributed by atoms with Gasteiger partial charge in [0.05, 0.1) is 0 Å². The lowest BCUT2D eigenvalue weighted by atomic mass is 9.88. The van der Waals surface area contributed by atoms with E-state index in [4.69, 9.17) is 5.73 Å². The second kappa shape index (κ2) is 10.7. The first kappa shape index (κ1) is 19.2. The molecule has 0 saturated heterocycles. The molecule has 25 heavy (non-hydrogen) atoms. The summed E-state index contributed by atoms with van der Waals surface area (Å²) in [6.45, 7) is 4.36. The summed E-state index contributed by atoms with van der Waals surface area (Å²) in [5.41, 5.74) is 8.03. The molecule has 2 aromatic carbocycles. The van der Waals surface area contributed by atoms with Crippen LogP contribution in [0.2, 0.25) is 0 Å². The van der Waals surface area contributed by atoms with Crippen molar-refractivity contribution in [1.82, 2.24) is 4.90 Å². The summed E-state index contributed by atoms with van der Waals surface area (Å²) < 4.78 is 0. The highest BCUT2D eigenvalue weighted by atomic mass is 16.2. The third-order valence-electron chi connectivity index (χ3n) is 4.55. The first-order valence-corrected chi connectivity index (χ1v) is 9.34. The third-order valence-corrected chi connectivity index (χ3v) is 4.55. The summed E-state index contributed by atoms with van der Waals surface area (Å²) in [4.78, 5) is 15.0. The van der Waals surface area contributed by atoms with Crippen LogP contribution in [0.3, 0.4) is 0 Å². The molecule has 3 nitrogen and oxygen atoms in total. The minimum atomic E-state index is 0.0944. The van der Waals surface area contributed by atoms with Crippen molar-refractivity contribution in [2.75, 3.05) is 19.6 Å². The van der Waals surface area contributed by atoms with E-state index in [1.54, 1.807) is 0 Å². The second-order valence-corrected chi connectivity index (χ2v) is 6.45.